The van der Waals surface area contributed by atoms with Crippen molar-refractivity contribution in [3.63, 3.8) is 0 Å². The largest absolute Gasteiger partial charge is 0.495 e. The molecule has 12 heteroatoms. The van der Waals surface area contributed by atoms with Crippen molar-refractivity contribution in [2.75, 3.05) is 36.7 Å². The average molecular weight is 498 g/mol. The number of furan rings is 1. The lowest BCUT2D eigenvalue weighted by atomic mass is 10.1. The number of halogens is 4. The van der Waals surface area contributed by atoms with Gasteiger partial charge in [0.25, 0.3) is 5.91 Å². The van der Waals surface area contributed by atoms with Crippen LogP contribution in [0.1, 0.15) is 15.9 Å². The molecule has 180 valence electrons. The number of ether oxygens (including phenoxy) is 2. The van der Waals surface area contributed by atoms with Crippen molar-refractivity contribution < 1.29 is 36.7 Å². The van der Waals surface area contributed by atoms with E-state index in [4.69, 9.17) is 25.5 Å². The smallest absolute Gasteiger partial charge is 0.418 e. The minimum atomic E-state index is -4.75. The van der Waals surface area contributed by atoms with Crippen molar-refractivity contribution in [2.24, 2.45) is 0 Å². The Hall–Kier alpha value is -3.86. The predicted molar refractivity (Wildman–Crippen MR) is 120 cm³/mol. The number of carbonyl (C=O) groups excluding carboxylic acids is 2. The molecule has 2 aromatic carbocycles. The first-order valence-corrected chi connectivity index (χ1v) is 10.00. The molecular weight excluding hydrogens is 479 g/mol. The summed E-state index contributed by atoms with van der Waals surface area (Å²) >= 11 is 6.02. The van der Waals surface area contributed by atoms with E-state index in [2.05, 4.69) is 16.0 Å². The first-order valence-electron chi connectivity index (χ1n) is 9.62. The van der Waals surface area contributed by atoms with Crippen LogP contribution in [0.25, 0.3) is 0 Å². The molecule has 1 heterocycles. The van der Waals surface area contributed by atoms with Gasteiger partial charge in [0.15, 0.2) is 0 Å². The number of carbonyl (C=O) groups is 2. The number of methoxy groups -OCH3 is 2. The van der Waals surface area contributed by atoms with Crippen LogP contribution >= 0.6 is 11.6 Å². The summed E-state index contributed by atoms with van der Waals surface area (Å²) in [7, 11) is 2.76. The monoisotopic (exact) mass is 497 g/mol. The summed E-state index contributed by atoms with van der Waals surface area (Å²) in [6, 6.07) is 7.40. The van der Waals surface area contributed by atoms with Crippen LogP contribution in [-0.4, -0.2) is 32.6 Å². The van der Waals surface area contributed by atoms with E-state index in [9.17, 15) is 22.8 Å². The molecule has 0 saturated heterocycles. The summed E-state index contributed by atoms with van der Waals surface area (Å²) in [4.78, 5) is 24.5. The molecule has 34 heavy (non-hydrogen) atoms. The topological polar surface area (TPSA) is 102 Å². The Balaban J connectivity index is 1.73. The Labute approximate surface area is 197 Å². The number of hydrogen-bond donors (Lipinski definition) is 3. The van der Waals surface area contributed by atoms with E-state index in [0.29, 0.717) is 0 Å². The highest BCUT2D eigenvalue weighted by molar-refractivity contribution is 6.32. The summed E-state index contributed by atoms with van der Waals surface area (Å²) in [6.45, 7) is -0.488. The van der Waals surface area contributed by atoms with Crippen molar-refractivity contribution in [3.05, 3.63) is 65.1 Å². The number of rotatable bonds is 8. The highest BCUT2D eigenvalue weighted by atomic mass is 35.5. The maximum absolute atomic E-state index is 13.6. The lowest BCUT2D eigenvalue weighted by molar-refractivity contribution is -0.137. The fourth-order valence-corrected chi connectivity index (χ4v) is 3.17. The average Bonchev–Trinajstić information content (AvgIpc) is 3.33. The first kappa shape index (κ1) is 24.8. The standard InChI is InChI=1S/C22H19ClF3N3O5/c1-32-18-9-17(19(33-2)8-15(18)23)29-20(30)10-27-16-4-3-13(7-14(16)22(24,25)26)28-21(31)12-5-6-34-11-12/h3-9,11,27H,10H2,1-2H3,(H,28,31)(H,29,30). The third-order valence-corrected chi connectivity index (χ3v) is 4.85. The Bertz CT molecular complexity index is 1180. The van der Waals surface area contributed by atoms with E-state index in [0.717, 1.165) is 12.1 Å². The zero-order valence-electron chi connectivity index (χ0n) is 17.9. The van der Waals surface area contributed by atoms with Gasteiger partial charge in [-0.25, -0.2) is 0 Å². The lowest BCUT2D eigenvalue weighted by Gasteiger charge is -2.17. The van der Waals surface area contributed by atoms with E-state index in [-0.39, 0.29) is 39.1 Å². The van der Waals surface area contributed by atoms with E-state index in [1.807, 2.05) is 0 Å². The van der Waals surface area contributed by atoms with Gasteiger partial charge < -0.3 is 29.8 Å². The molecule has 0 aliphatic carbocycles. The van der Waals surface area contributed by atoms with Crippen LogP contribution in [-0.2, 0) is 11.0 Å². The third-order valence-electron chi connectivity index (χ3n) is 4.55. The molecule has 2 amide bonds. The minimum Gasteiger partial charge on any atom is -0.495 e. The predicted octanol–water partition coefficient (Wildman–Crippen LogP) is 5.27. The van der Waals surface area contributed by atoms with Crippen LogP contribution < -0.4 is 25.4 Å². The Morgan fingerprint density at radius 2 is 1.74 bits per heavy atom. The second-order valence-corrected chi connectivity index (χ2v) is 7.22. The lowest BCUT2D eigenvalue weighted by Crippen LogP contribution is -2.23. The fourth-order valence-electron chi connectivity index (χ4n) is 2.94. The summed E-state index contributed by atoms with van der Waals surface area (Å²) in [5.41, 5.74) is -1.10. The van der Waals surface area contributed by atoms with Gasteiger partial charge in [0.05, 0.1) is 48.9 Å². The maximum Gasteiger partial charge on any atom is 0.418 e. The molecule has 1 aromatic heterocycles. The molecule has 0 aliphatic heterocycles. The number of anilines is 3. The van der Waals surface area contributed by atoms with E-state index >= 15 is 0 Å². The van der Waals surface area contributed by atoms with Gasteiger partial charge in [-0.3, -0.25) is 9.59 Å². The quantitative estimate of drug-likeness (QED) is 0.392. The van der Waals surface area contributed by atoms with Gasteiger partial charge >= 0.3 is 6.18 Å². The zero-order valence-corrected chi connectivity index (χ0v) is 18.6. The molecule has 0 radical (unpaired) electrons. The van der Waals surface area contributed by atoms with Crippen molar-refractivity contribution in [2.45, 2.75) is 6.18 Å². The van der Waals surface area contributed by atoms with Gasteiger partial charge in [0, 0.05) is 23.5 Å². The summed E-state index contributed by atoms with van der Waals surface area (Å²) in [6.07, 6.45) is -2.31. The molecule has 3 aromatic rings. The first-order chi connectivity index (χ1) is 16.1. The fraction of sp³-hybridized carbons (Fsp3) is 0.182. The number of alkyl halides is 3. The number of nitrogens with one attached hydrogen (secondary N) is 3. The number of hydrogen-bond acceptors (Lipinski definition) is 6. The van der Waals surface area contributed by atoms with E-state index in [1.165, 1.54) is 51.0 Å². The molecule has 3 N–H and O–H groups in total. The van der Waals surface area contributed by atoms with Gasteiger partial charge in [-0.1, -0.05) is 11.6 Å². The highest BCUT2D eigenvalue weighted by Crippen LogP contribution is 2.37. The van der Waals surface area contributed by atoms with Crippen molar-refractivity contribution in [1.82, 2.24) is 0 Å². The molecule has 0 saturated carbocycles. The normalized spacial score (nSPS) is 11.0. The molecule has 0 spiro atoms. The summed E-state index contributed by atoms with van der Waals surface area (Å²) < 4.78 is 55.9. The Morgan fingerprint density at radius 3 is 2.35 bits per heavy atom. The molecule has 0 aliphatic rings. The third kappa shape index (κ3) is 5.93. The second-order valence-electron chi connectivity index (χ2n) is 6.81. The Kier molecular flexibility index (Phi) is 7.57. The maximum atomic E-state index is 13.6. The van der Waals surface area contributed by atoms with Crippen LogP contribution in [0.15, 0.2) is 53.3 Å². The van der Waals surface area contributed by atoms with E-state index in [1.54, 1.807) is 0 Å². The zero-order chi connectivity index (χ0) is 24.9. The van der Waals surface area contributed by atoms with Crippen LogP contribution in [0, 0.1) is 0 Å². The van der Waals surface area contributed by atoms with Crippen molar-refractivity contribution >= 4 is 40.5 Å². The molecular formula is C22H19ClF3N3O5. The van der Waals surface area contributed by atoms with Crippen molar-refractivity contribution in [1.29, 1.82) is 0 Å². The molecule has 0 unspecified atom stereocenters. The molecule has 8 nitrogen and oxygen atoms in total. The summed E-state index contributed by atoms with van der Waals surface area (Å²) in [5.74, 6) is -0.756. The molecule has 0 bridgehead atoms. The van der Waals surface area contributed by atoms with Gasteiger partial charge in [-0.15, -0.1) is 0 Å². The second kappa shape index (κ2) is 10.4. The van der Waals surface area contributed by atoms with Gasteiger partial charge in [-0.05, 0) is 24.3 Å². The molecule has 3 rings (SSSR count). The number of benzene rings is 2. The molecule has 0 fully saturated rings. The Morgan fingerprint density at radius 1 is 1.00 bits per heavy atom. The van der Waals surface area contributed by atoms with Gasteiger partial charge in [0.1, 0.15) is 17.8 Å². The van der Waals surface area contributed by atoms with Gasteiger partial charge in [-0.2, -0.15) is 13.2 Å². The highest BCUT2D eigenvalue weighted by Gasteiger charge is 2.34. The van der Waals surface area contributed by atoms with Crippen LogP contribution in [0.5, 0.6) is 11.5 Å². The van der Waals surface area contributed by atoms with Crippen LogP contribution in [0.4, 0.5) is 30.2 Å². The molecule has 0 atom stereocenters. The summed E-state index contributed by atoms with van der Waals surface area (Å²) in [5, 5.41) is 7.62. The van der Waals surface area contributed by atoms with E-state index < -0.39 is 30.1 Å². The SMILES string of the molecule is COc1cc(NC(=O)CNc2ccc(NC(=O)c3ccoc3)cc2C(F)(F)F)c(OC)cc1Cl. The van der Waals surface area contributed by atoms with Gasteiger partial charge in [0.2, 0.25) is 5.91 Å². The number of amides is 2. The van der Waals surface area contributed by atoms with Crippen LogP contribution in [0.2, 0.25) is 5.02 Å². The van der Waals surface area contributed by atoms with Crippen molar-refractivity contribution in [3.8, 4) is 11.5 Å². The minimum absolute atomic E-state index is 0.0773. The van der Waals surface area contributed by atoms with Crippen LogP contribution in [0.3, 0.4) is 0 Å².